The molecular formula is C14H23NO. The van der Waals surface area contributed by atoms with Gasteiger partial charge in [-0.15, -0.1) is 0 Å². The Balaban J connectivity index is 1.78. The number of hydrogen-bond acceptors (Lipinski definition) is 2. The van der Waals surface area contributed by atoms with Crippen LogP contribution < -0.4 is 5.32 Å². The summed E-state index contributed by atoms with van der Waals surface area (Å²) < 4.78 is 5.15. The van der Waals surface area contributed by atoms with Gasteiger partial charge in [0.2, 0.25) is 0 Å². The van der Waals surface area contributed by atoms with Crippen LogP contribution in [0.25, 0.3) is 0 Å². The fourth-order valence-corrected chi connectivity index (χ4v) is 2.83. The molecule has 0 spiro atoms. The maximum atomic E-state index is 5.15. The minimum absolute atomic E-state index is 0.473. The van der Waals surface area contributed by atoms with E-state index in [9.17, 15) is 0 Å². The van der Waals surface area contributed by atoms with Crippen LogP contribution in [0.1, 0.15) is 56.6 Å². The van der Waals surface area contributed by atoms with Gasteiger partial charge in [0.25, 0.3) is 0 Å². The van der Waals surface area contributed by atoms with Crippen LogP contribution in [0.3, 0.4) is 0 Å². The highest BCUT2D eigenvalue weighted by molar-refractivity contribution is 5.11. The van der Waals surface area contributed by atoms with Crippen molar-refractivity contribution in [2.45, 2.75) is 51.0 Å². The van der Waals surface area contributed by atoms with Gasteiger partial charge in [0.1, 0.15) is 0 Å². The Hall–Kier alpha value is -0.760. The van der Waals surface area contributed by atoms with Crippen molar-refractivity contribution < 1.29 is 4.42 Å². The molecule has 1 saturated carbocycles. The lowest BCUT2D eigenvalue weighted by Crippen LogP contribution is -2.17. The van der Waals surface area contributed by atoms with Crippen LogP contribution in [-0.2, 0) is 0 Å². The van der Waals surface area contributed by atoms with Gasteiger partial charge in [-0.1, -0.05) is 32.1 Å². The van der Waals surface area contributed by atoms with Crippen LogP contribution in [0.4, 0.5) is 0 Å². The van der Waals surface area contributed by atoms with E-state index < -0.39 is 0 Å². The number of hydrogen-bond donors (Lipinski definition) is 1. The predicted octanol–water partition coefficient (Wildman–Crippen LogP) is 3.90. The first kappa shape index (κ1) is 11.7. The normalized spacial score (nSPS) is 19.8. The Morgan fingerprint density at radius 3 is 2.81 bits per heavy atom. The lowest BCUT2D eigenvalue weighted by Gasteiger charge is -2.23. The van der Waals surface area contributed by atoms with E-state index in [-0.39, 0.29) is 0 Å². The zero-order valence-electron chi connectivity index (χ0n) is 10.2. The summed E-state index contributed by atoms with van der Waals surface area (Å²) in [5.74, 6) is 0.969. The van der Waals surface area contributed by atoms with Crippen molar-refractivity contribution >= 4 is 0 Å². The summed E-state index contributed by atoms with van der Waals surface area (Å²) in [5, 5.41) is 3.38. The molecule has 1 aromatic heterocycles. The molecule has 1 unspecified atom stereocenters. The summed E-state index contributed by atoms with van der Waals surface area (Å²) in [6, 6.07) is 2.54. The summed E-state index contributed by atoms with van der Waals surface area (Å²) in [5.41, 5.74) is 1.29. The van der Waals surface area contributed by atoms with Crippen LogP contribution in [0, 0.1) is 5.92 Å². The third kappa shape index (κ3) is 3.11. The first-order chi connectivity index (χ1) is 7.90. The van der Waals surface area contributed by atoms with Crippen LogP contribution >= 0.6 is 0 Å². The van der Waals surface area contributed by atoms with E-state index in [1.807, 2.05) is 13.3 Å². The van der Waals surface area contributed by atoms with Gasteiger partial charge in [0, 0.05) is 11.6 Å². The maximum absolute atomic E-state index is 5.15. The van der Waals surface area contributed by atoms with Gasteiger partial charge in [-0.2, -0.15) is 0 Å². The molecule has 2 nitrogen and oxygen atoms in total. The van der Waals surface area contributed by atoms with E-state index in [1.54, 1.807) is 6.26 Å². The monoisotopic (exact) mass is 221 g/mol. The second-order valence-electron chi connectivity index (χ2n) is 4.98. The number of furan rings is 1. The molecule has 1 heterocycles. The molecule has 16 heavy (non-hydrogen) atoms. The molecule has 2 rings (SSSR count). The standard InChI is InChI=1S/C14H23NO/c1-15-14(13-9-10-16-11-13)8-7-12-5-3-2-4-6-12/h9-12,14-15H,2-8H2,1H3. The highest BCUT2D eigenvalue weighted by Crippen LogP contribution is 2.30. The molecule has 1 aromatic rings. The smallest absolute Gasteiger partial charge is 0.0950 e. The fraction of sp³-hybridized carbons (Fsp3) is 0.714. The Kier molecular flexibility index (Phi) is 4.46. The molecule has 1 aliphatic carbocycles. The van der Waals surface area contributed by atoms with Crippen molar-refractivity contribution in [2.75, 3.05) is 7.05 Å². The molecule has 2 heteroatoms. The average molecular weight is 221 g/mol. The van der Waals surface area contributed by atoms with Crippen molar-refractivity contribution in [1.82, 2.24) is 5.32 Å². The van der Waals surface area contributed by atoms with E-state index in [0.29, 0.717) is 6.04 Å². The Morgan fingerprint density at radius 1 is 1.38 bits per heavy atom. The topological polar surface area (TPSA) is 25.2 Å². The number of rotatable bonds is 5. The molecule has 0 aromatic carbocycles. The van der Waals surface area contributed by atoms with Crippen LogP contribution in [0.15, 0.2) is 23.0 Å². The summed E-state index contributed by atoms with van der Waals surface area (Å²) in [6.07, 6.45) is 13.5. The zero-order chi connectivity index (χ0) is 11.2. The van der Waals surface area contributed by atoms with E-state index in [4.69, 9.17) is 4.42 Å². The SMILES string of the molecule is CNC(CCC1CCCCC1)c1ccoc1. The van der Waals surface area contributed by atoms with Gasteiger partial charge in [0.15, 0.2) is 0 Å². The van der Waals surface area contributed by atoms with Crippen LogP contribution in [0.5, 0.6) is 0 Å². The summed E-state index contributed by atoms with van der Waals surface area (Å²) in [4.78, 5) is 0. The van der Waals surface area contributed by atoms with Crippen molar-refractivity contribution in [1.29, 1.82) is 0 Å². The van der Waals surface area contributed by atoms with Crippen LogP contribution in [0.2, 0.25) is 0 Å². The minimum Gasteiger partial charge on any atom is -0.472 e. The van der Waals surface area contributed by atoms with E-state index in [1.165, 1.54) is 50.5 Å². The minimum atomic E-state index is 0.473. The molecule has 1 atom stereocenters. The summed E-state index contributed by atoms with van der Waals surface area (Å²) in [7, 11) is 2.04. The quantitative estimate of drug-likeness (QED) is 0.815. The Morgan fingerprint density at radius 2 is 2.19 bits per heavy atom. The average Bonchev–Trinajstić information content (AvgIpc) is 2.85. The molecule has 0 radical (unpaired) electrons. The maximum Gasteiger partial charge on any atom is 0.0950 e. The van der Waals surface area contributed by atoms with Gasteiger partial charge in [-0.05, 0) is 31.9 Å². The first-order valence-electron chi connectivity index (χ1n) is 6.59. The van der Waals surface area contributed by atoms with Crippen molar-refractivity contribution in [3.8, 4) is 0 Å². The third-order valence-corrected chi connectivity index (χ3v) is 3.88. The van der Waals surface area contributed by atoms with E-state index in [0.717, 1.165) is 5.92 Å². The molecule has 0 aliphatic heterocycles. The predicted molar refractivity (Wildman–Crippen MR) is 66.3 cm³/mol. The van der Waals surface area contributed by atoms with E-state index in [2.05, 4.69) is 11.4 Å². The largest absolute Gasteiger partial charge is 0.472 e. The molecule has 1 fully saturated rings. The third-order valence-electron chi connectivity index (χ3n) is 3.88. The second-order valence-corrected chi connectivity index (χ2v) is 4.98. The van der Waals surface area contributed by atoms with Gasteiger partial charge < -0.3 is 9.73 Å². The summed E-state index contributed by atoms with van der Waals surface area (Å²) in [6.45, 7) is 0. The van der Waals surface area contributed by atoms with Crippen molar-refractivity contribution in [3.05, 3.63) is 24.2 Å². The summed E-state index contributed by atoms with van der Waals surface area (Å²) >= 11 is 0. The molecule has 1 N–H and O–H groups in total. The van der Waals surface area contributed by atoms with Crippen molar-refractivity contribution in [3.63, 3.8) is 0 Å². The zero-order valence-corrected chi connectivity index (χ0v) is 10.2. The lowest BCUT2D eigenvalue weighted by atomic mass is 9.85. The first-order valence-corrected chi connectivity index (χ1v) is 6.59. The Labute approximate surface area is 98.4 Å². The lowest BCUT2D eigenvalue weighted by molar-refractivity contribution is 0.317. The molecule has 1 aliphatic rings. The van der Waals surface area contributed by atoms with Gasteiger partial charge in [-0.3, -0.25) is 0 Å². The Bertz CT molecular complexity index is 275. The van der Waals surface area contributed by atoms with Crippen LogP contribution in [-0.4, -0.2) is 7.05 Å². The van der Waals surface area contributed by atoms with Crippen molar-refractivity contribution in [2.24, 2.45) is 5.92 Å². The van der Waals surface area contributed by atoms with Gasteiger partial charge >= 0.3 is 0 Å². The second kappa shape index (κ2) is 6.09. The molecule has 90 valence electrons. The fourth-order valence-electron chi connectivity index (χ4n) is 2.83. The van der Waals surface area contributed by atoms with Gasteiger partial charge in [0.05, 0.1) is 12.5 Å². The highest BCUT2D eigenvalue weighted by Gasteiger charge is 2.16. The molecule has 0 bridgehead atoms. The molecule has 0 saturated heterocycles. The van der Waals surface area contributed by atoms with E-state index >= 15 is 0 Å². The molecule has 0 amide bonds. The van der Waals surface area contributed by atoms with Gasteiger partial charge in [-0.25, -0.2) is 0 Å². The highest BCUT2D eigenvalue weighted by atomic mass is 16.3. The molecular weight excluding hydrogens is 198 g/mol. The number of nitrogens with one attached hydrogen (secondary N) is 1.